The van der Waals surface area contributed by atoms with Crippen LogP contribution in [-0.4, -0.2) is 22.1 Å². The Morgan fingerprint density at radius 3 is 2.10 bits per heavy atom. The molecule has 2 aromatic rings. The maximum atomic E-state index is 12.7. The van der Waals surface area contributed by atoms with E-state index in [0.29, 0.717) is 29.0 Å². The zero-order chi connectivity index (χ0) is 22.5. The zero-order valence-electron chi connectivity index (χ0n) is 18.8. The smallest absolute Gasteiger partial charge is 0.185 e. The van der Waals surface area contributed by atoms with Crippen molar-refractivity contribution in [1.29, 1.82) is 0 Å². The predicted octanol–water partition coefficient (Wildman–Crippen LogP) is 6.37. The molecule has 0 saturated carbocycles. The highest BCUT2D eigenvalue weighted by Crippen LogP contribution is 2.38. The van der Waals surface area contributed by atoms with Gasteiger partial charge in [0.25, 0.3) is 0 Å². The number of hydrogen-bond donors (Lipinski definition) is 1. The van der Waals surface area contributed by atoms with E-state index >= 15 is 0 Å². The van der Waals surface area contributed by atoms with Crippen LogP contribution in [0.5, 0.6) is 17.2 Å². The summed E-state index contributed by atoms with van der Waals surface area (Å²) < 4.78 is 12.5. The number of benzene rings is 2. The number of carbonyl (C=O) groups excluding carboxylic acids is 1. The van der Waals surface area contributed by atoms with E-state index in [1.165, 1.54) is 18.2 Å². The third-order valence-electron chi connectivity index (χ3n) is 3.98. The number of hydrogen-bond acceptors (Lipinski definition) is 4. The quantitative estimate of drug-likeness (QED) is 0.328. The molecule has 0 atom stereocenters. The van der Waals surface area contributed by atoms with E-state index in [-0.39, 0.29) is 11.5 Å². The van der Waals surface area contributed by atoms with Crippen molar-refractivity contribution in [2.75, 3.05) is 0 Å². The predicted molar refractivity (Wildman–Crippen MR) is 123 cm³/mol. The number of ether oxygens (including phenoxy) is 2. The largest absolute Gasteiger partial charge is 0.508 e. The van der Waals surface area contributed by atoms with Gasteiger partial charge in [0.2, 0.25) is 0 Å². The molecular weight excluding hydrogens is 376 g/mol. The molecule has 0 aliphatic carbocycles. The molecular formula is C26H32O4. The minimum absolute atomic E-state index is 0.120. The number of phenolic OH excluding ortho intramolecular Hbond substituents is 1. The topological polar surface area (TPSA) is 55.8 Å². The summed E-state index contributed by atoms with van der Waals surface area (Å²) in [5.74, 6) is 1.27. The molecule has 1 N–H and O–H groups in total. The van der Waals surface area contributed by atoms with E-state index in [1.54, 1.807) is 18.2 Å². The standard InChI is InChI=1S/C26H32O4/c1-8-9-19-12-17-23(29-25(2,3)4)21(24(19)30-26(5,6)7)15-16-22(28)18-10-13-20(27)14-11-18/h8,10-17,27H,1,9H2,2-7H3/b16-15+. The summed E-state index contributed by atoms with van der Waals surface area (Å²) in [4.78, 5) is 12.7. The summed E-state index contributed by atoms with van der Waals surface area (Å²) in [5.41, 5.74) is 1.33. The summed E-state index contributed by atoms with van der Waals surface area (Å²) >= 11 is 0. The van der Waals surface area contributed by atoms with Crippen molar-refractivity contribution < 1.29 is 19.4 Å². The molecule has 0 unspecified atom stereocenters. The molecule has 2 rings (SSSR count). The molecule has 2 aromatic carbocycles. The van der Waals surface area contributed by atoms with Crippen molar-refractivity contribution in [2.24, 2.45) is 0 Å². The van der Waals surface area contributed by atoms with Gasteiger partial charge in [-0.15, -0.1) is 6.58 Å². The van der Waals surface area contributed by atoms with Crippen LogP contribution in [0.15, 0.2) is 55.1 Å². The van der Waals surface area contributed by atoms with Crippen LogP contribution in [0.1, 0.15) is 63.0 Å². The van der Waals surface area contributed by atoms with E-state index in [4.69, 9.17) is 9.47 Å². The Balaban J connectivity index is 2.58. The van der Waals surface area contributed by atoms with Gasteiger partial charge in [-0.05, 0) is 96.0 Å². The maximum absolute atomic E-state index is 12.7. The molecule has 0 aliphatic heterocycles. The first-order chi connectivity index (χ1) is 13.9. The van der Waals surface area contributed by atoms with Gasteiger partial charge in [-0.2, -0.15) is 0 Å². The summed E-state index contributed by atoms with van der Waals surface area (Å²) in [6.07, 6.45) is 5.70. The van der Waals surface area contributed by atoms with Gasteiger partial charge in [0.1, 0.15) is 28.5 Å². The van der Waals surface area contributed by atoms with Crippen molar-refractivity contribution in [3.63, 3.8) is 0 Å². The monoisotopic (exact) mass is 408 g/mol. The number of allylic oxidation sites excluding steroid dienone is 2. The Bertz CT molecular complexity index is 923. The fraction of sp³-hybridized carbons (Fsp3) is 0.346. The summed E-state index contributed by atoms with van der Waals surface area (Å²) in [7, 11) is 0. The first-order valence-corrected chi connectivity index (χ1v) is 10.1. The Kier molecular flexibility index (Phi) is 7.14. The molecule has 4 nitrogen and oxygen atoms in total. The molecule has 30 heavy (non-hydrogen) atoms. The minimum atomic E-state index is -0.431. The van der Waals surface area contributed by atoms with Gasteiger partial charge >= 0.3 is 0 Å². The van der Waals surface area contributed by atoms with Gasteiger partial charge in [-0.25, -0.2) is 0 Å². The molecule has 0 saturated heterocycles. The first-order valence-electron chi connectivity index (χ1n) is 10.1. The van der Waals surface area contributed by atoms with Gasteiger partial charge in [-0.1, -0.05) is 12.1 Å². The lowest BCUT2D eigenvalue weighted by atomic mass is 10.0. The molecule has 0 aliphatic rings. The van der Waals surface area contributed by atoms with Crippen molar-refractivity contribution in [2.45, 2.75) is 59.2 Å². The zero-order valence-corrected chi connectivity index (χ0v) is 18.8. The second kappa shape index (κ2) is 9.21. The average molecular weight is 409 g/mol. The van der Waals surface area contributed by atoms with Crippen LogP contribution in [0.3, 0.4) is 0 Å². The van der Waals surface area contributed by atoms with Crippen LogP contribution in [0.25, 0.3) is 6.08 Å². The number of ketones is 1. The van der Waals surface area contributed by atoms with Gasteiger partial charge in [0.15, 0.2) is 5.78 Å². The number of aromatic hydroxyl groups is 1. The van der Waals surface area contributed by atoms with E-state index in [0.717, 1.165) is 5.56 Å². The molecule has 0 bridgehead atoms. The lowest BCUT2D eigenvalue weighted by molar-refractivity contribution is 0.104. The van der Waals surface area contributed by atoms with Crippen molar-refractivity contribution in [3.8, 4) is 17.2 Å². The molecule has 0 fully saturated rings. The highest BCUT2D eigenvalue weighted by atomic mass is 16.5. The Morgan fingerprint density at radius 2 is 1.57 bits per heavy atom. The van der Waals surface area contributed by atoms with E-state index in [1.807, 2.05) is 59.8 Å². The highest BCUT2D eigenvalue weighted by molar-refractivity contribution is 6.07. The van der Waals surface area contributed by atoms with Gasteiger partial charge < -0.3 is 14.6 Å². The number of rotatable bonds is 7. The molecule has 0 radical (unpaired) electrons. The lowest BCUT2D eigenvalue weighted by Gasteiger charge is -2.28. The van der Waals surface area contributed by atoms with Crippen LogP contribution in [0.4, 0.5) is 0 Å². The Morgan fingerprint density at radius 1 is 0.967 bits per heavy atom. The fourth-order valence-corrected chi connectivity index (χ4v) is 2.83. The first kappa shape index (κ1) is 23.3. The number of phenols is 1. The van der Waals surface area contributed by atoms with Crippen LogP contribution < -0.4 is 9.47 Å². The number of carbonyl (C=O) groups is 1. The van der Waals surface area contributed by atoms with Gasteiger partial charge in [-0.3, -0.25) is 4.79 Å². The van der Waals surface area contributed by atoms with Crippen LogP contribution >= 0.6 is 0 Å². The summed E-state index contributed by atoms with van der Waals surface area (Å²) in [6, 6.07) is 10.1. The van der Waals surface area contributed by atoms with Crippen molar-refractivity contribution in [3.05, 3.63) is 71.8 Å². The van der Waals surface area contributed by atoms with Crippen LogP contribution in [-0.2, 0) is 6.42 Å². The molecule has 4 heteroatoms. The molecule has 0 aromatic heterocycles. The Hall–Kier alpha value is -3.01. The molecule has 160 valence electrons. The fourth-order valence-electron chi connectivity index (χ4n) is 2.83. The third kappa shape index (κ3) is 6.80. The van der Waals surface area contributed by atoms with Gasteiger partial charge in [0.05, 0.1) is 5.56 Å². The molecule has 0 amide bonds. The second-order valence-corrected chi connectivity index (χ2v) is 9.13. The van der Waals surface area contributed by atoms with Crippen LogP contribution in [0.2, 0.25) is 0 Å². The summed E-state index contributed by atoms with van der Waals surface area (Å²) in [6.45, 7) is 15.7. The Labute approximate surface area is 179 Å². The average Bonchev–Trinajstić information content (AvgIpc) is 2.61. The van der Waals surface area contributed by atoms with Crippen molar-refractivity contribution >= 4 is 11.9 Å². The maximum Gasteiger partial charge on any atom is 0.185 e. The van der Waals surface area contributed by atoms with Crippen LogP contribution in [0, 0.1) is 0 Å². The normalized spacial score (nSPS) is 12.1. The SMILES string of the molecule is C=CCc1ccc(OC(C)(C)C)c(/C=C/C(=O)c2ccc(O)cc2)c1OC(C)(C)C. The van der Waals surface area contributed by atoms with E-state index < -0.39 is 11.2 Å². The minimum Gasteiger partial charge on any atom is -0.508 e. The lowest BCUT2D eigenvalue weighted by Crippen LogP contribution is -2.26. The molecule has 0 heterocycles. The second-order valence-electron chi connectivity index (χ2n) is 9.13. The van der Waals surface area contributed by atoms with Gasteiger partial charge in [0, 0.05) is 5.56 Å². The highest BCUT2D eigenvalue weighted by Gasteiger charge is 2.22. The third-order valence-corrected chi connectivity index (χ3v) is 3.98. The molecule has 0 spiro atoms. The van der Waals surface area contributed by atoms with E-state index in [9.17, 15) is 9.90 Å². The van der Waals surface area contributed by atoms with E-state index in [2.05, 4.69) is 6.58 Å². The van der Waals surface area contributed by atoms with Crippen molar-refractivity contribution in [1.82, 2.24) is 0 Å². The summed E-state index contributed by atoms with van der Waals surface area (Å²) in [5, 5.41) is 9.45.